The second-order valence-electron chi connectivity index (χ2n) is 5.01. The van der Waals surface area contributed by atoms with Gasteiger partial charge in [-0.1, -0.05) is 0 Å². The lowest BCUT2D eigenvalue weighted by atomic mass is 10.2. The molecule has 0 aliphatic heterocycles. The number of carbonyl (C=O) groups excluding carboxylic acids is 2. The van der Waals surface area contributed by atoms with E-state index in [1.165, 1.54) is 7.05 Å². The molecule has 1 N–H and O–H groups in total. The summed E-state index contributed by atoms with van der Waals surface area (Å²) >= 11 is 0. The minimum atomic E-state index is -1.72. The van der Waals surface area contributed by atoms with Crippen LogP contribution in [-0.2, 0) is 16.0 Å². The molecule has 24 heavy (non-hydrogen) atoms. The summed E-state index contributed by atoms with van der Waals surface area (Å²) in [4.78, 5) is 28.8. The second kappa shape index (κ2) is 7.58. The smallest absolute Gasteiger partial charge is 0.313 e. The van der Waals surface area contributed by atoms with Crippen molar-refractivity contribution < 1.29 is 22.8 Å². The predicted octanol–water partition coefficient (Wildman–Crippen LogP) is 2.14. The molecule has 8 heteroatoms. The summed E-state index contributed by atoms with van der Waals surface area (Å²) in [6.45, 7) is 0.247. The highest BCUT2D eigenvalue weighted by atomic mass is 19.2. The molecule has 1 aromatic carbocycles. The van der Waals surface area contributed by atoms with Gasteiger partial charge in [0.25, 0.3) is 0 Å². The van der Waals surface area contributed by atoms with Gasteiger partial charge in [0, 0.05) is 26.0 Å². The van der Waals surface area contributed by atoms with Gasteiger partial charge in [0.2, 0.25) is 0 Å². The summed E-state index contributed by atoms with van der Waals surface area (Å²) < 4.78 is 39.4. The molecule has 0 aliphatic rings. The van der Waals surface area contributed by atoms with Crippen molar-refractivity contribution in [2.45, 2.75) is 6.42 Å². The molecule has 0 fully saturated rings. The summed E-state index contributed by atoms with van der Waals surface area (Å²) in [6, 6.07) is 5.05. The largest absolute Gasteiger partial charge is 0.337 e. The van der Waals surface area contributed by atoms with Crippen LogP contribution in [0.15, 0.2) is 36.7 Å². The fraction of sp³-hybridized carbons (Fsp3) is 0.188. The maximum atomic E-state index is 13.5. The van der Waals surface area contributed by atoms with E-state index in [-0.39, 0.29) is 6.54 Å². The fourth-order valence-electron chi connectivity index (χ4n) is 1.92. The lowest BCUT2D eigenvalue weighted by Crippen LogP contribution is -2.38. The van der Waals surface area contributed by atoms with E-state index in [4.69, 9.17) is 0 Å². The van der Waals surface area contributed by atoms with Crippen molar-refractivity contribution in [3.8, 4) is 0 Å². The summed E-state index contributed by atoms with van der Waals surface area (Å²) in [7, 11) is 1.41. The van der Waals surface area contributed by atoms with Crippen molar-refractivity contribution in [1.29, 1.82) is 0 Å². The van der Waals surface area contributed by atoms with Gasteiger partial charge in [-0.3, -0.25) is 14.6 Å². The normalized spacial score (nSPS) is 10.3. The highest BCUT2D eigenvalue weighted by molar-refractivity contribution is 6.39. The lowest BCUT2D eigenvalue weighted by Gasteiger charge is -2.16. The summed E-state index contributed by atoms with van der Waals surface area (Å²) in [5, 5.41) is 1.94. The first-order valence-corrected chi connectivity index (χ1v) is 6.99. The Kier molecular flexibility index (Phi) is 5.51. The number of amides is 2. The van der Waals surface area contributed by atoms with Crippen molar-refractivity contribution in [3.63, 3.8) is 0 Å². The van der Waals surface area contributed by atoms with E-state index in [0.29, 0.717) is 12.5 Å². The Morgan fingerprint density at radius 2 is 1.75 bits per heavy atom. The van der Waals surface area contributed by atoms with Crippen molar-refractivity contribution in [2.75, 3.05) is 18.9 Å². The maximum Gasteiger partial charge on any atom is 0.313 e. The van der Waals surface area contributed by atoms with Gasteiger partial charge >= 0.3 is 11.8 Å². The van der Waals surface area contributed by atoms with Crippen LogP contribution in [0.4, 0.5) is 18.9 Å². The minimum Gasteiger partial charge on any atom is -0.337 e. The quantitative estimate of drug-likeness (QED) is 0.687. The first-order valence-electron chi connectivity index (χ1n) is 6.99. The van der Waals surface area contributed by atoms with Gasteiger partial charge in [0.1, 0.15) is 0 Å². The third kappa shape index (κ3) is 4.09. The minimum absolute atomic E-state index is 0.247. The Hall–Kier alpha value is -2.90. The van der Waals surface area contributed by atoms with Crippen LogP contribution < -0.4 is 5.32 Å². The van der Waals surface area contributed by atoms with Crippen LogP contribution >= 0.6 is 0 Å². The number of hydrogen-bond acceptors (Lipinski definition) is 3. The third-order valence-corrected chi connectivity index (χ3v) is 3.31. The van der Waals surface area contributed by atoms with Crippen molar-refractivity contribution in [1.82, 2.24) is 9.88 Å². The molecule has 5 nitrogen and oxygen atoms in total. The molecule has 0 atom stereocenters. The first-order chi connectivity index (χ1) is 11.4. The number of carbonyl (C=O) groups is 2. The molecule has 0 bridgehead atoms. The molecular weight excluding hydrogens is 323 g/mol. The van der Waals surface area contributed by atoms with E-state index in [2.05, 4.69) is 4.98 Å². The molecule has 2 aromatic rings. The number of anilines is 1. The number of hydrogen-bond donors (Lipinski definition) is 1. The van der Waals surface area contributed by atoms with E-state index in [1.807, 2.05) is 5.32 Å². The number of pyridine rings is 1. The number of nitrogens with zero attached hydrogens (tertiary/aromatic N) is 2. The predicted molar refractivity (Wildman–Crippen MR) is 80.5 cm³/mol. The van der Waals surface area contributed by atoms with Gasteiger partial charge in [-0.25, -0.2) is 13.2 Å². The molecule has 0 unspecified atom stereocenters. The molecule has 0 radical (unpaired) electrons. The van der Waals surface area contributed by atoms with Gasteiger partial charge < -0.3 is 10.2 Å². The van der Waals surface area contributed by atoms with Crippen molar-refractivity contribution in [3.05, 3.63) is 59.7 Å². The molecular formula is C16H14F3N3O2. The van der Waals surface area contributed by atoms with Crippen LogP contribution in [0.3, 0.4) is 0 Å². The monoisotopic (exact) mass is 337 g/mol. The van der Waals surface area contributed by atoms with Gasteiger partial charge in [-0.05, 0) is 36.2 Å². The van der Waals surface area contributed by atoms with Gasteiger partial charge in [-0.15, -0.1) is 0 Å². The number of aromatic nitrogens is 1. The number of halogens is 3. The second-order valence-corrected chi connectivity index (χ2v) is 5.01. The Bertz CT molecular complexity index is 754. The van der Waals surface area contributed by atoms with Gasteiger partial charge in [-0.2, -0.15) is 0 Å². The molecule has 1 heterocycles. The molecule has 0 aliphatic carbocycles. The highest BCUT2D eigenvalue weighted by Crippen LogP contribution is 2.19. The first kappa shape index (κ1) is 17.5. The van der Waals surface area contributed by atoms with Gasteiger partial charge in [0.15, 0.2) is 17.5 Å². The summed E-state index contributed by atoms with van der Waals surface area (Å²) in [6.07, 6.45) is 3.71. The molecule has 0 saturated carbocycles. The van der Waals surface area contributed by atoms with E-state index < -0.39 is 35.0 Å². The summed E-state index contributed by atoms with van der Waals surface area (Å²) in [5.41, 5.74) is 0.325. The highest BCUT2D eigenvalue weighted by Gasteiger charge is 2.21. The van der Waals surface area contributed by atoms with Crippen LogP contribution in [0.25, 0.3) is 0 Å². The average Bonchev–Trinajstić information content (AvgIpc) is 2.60. The standard InChI is InChI=1S/C16H14F3N3O2/c1-22(9-6-10-4-7-20-8-5-10)16(24)15(23)21-12-3-2-11(17)13(18)14(12)19/h2-5,7-8H,6,9H2,1H3,(H,21,23). The summed E-state index contributed by atoms with van der Waals surface area (Å²) in [5.74, 6) is -6.72. The molecule has 0 spiro atoms. The number of rotatable bonds is 4. The molecule has 1 aromatic heterocycles. The zero-order chi connectivity index (χ0) is 17.7. The Morgan fingerprint density at radius 3 is 2.42 bits per heavy atom. The zero-order valence-electron chi connectivity index (χ0n) is 12.7. The zero-order valence-corrected chi connectivity index (χ0v) is 12.7. The van der Waals surface area contributed by atoms with Gasteiger partial charge in [0.05, 0.1) is 5.69 Å². The molecule has 2 rings (SSSR count). The molecule has 2 amide bonds. The van der Waals surface area contributed by atoms with Crippen LogP contribution in [0.1, 0.15) is 5.56 Å². The SMILES string of the molecule is CN(CCc1ccncc1)C(=O)C(=O)Nc1ccc(F)c(F)c1F. The van der Waals surface area contributed by atoms with E-state index in [0.717, 1.165) is 16.5 Å². The van der Waals surface area contributed by atoms with E-state index >= 15 is 0 Å². The number of nitrogens with one attached hydrogen (secondary N) is 1. The Balaban J connectivity index is 1.96. The number of likely N-dealkylation sites (N-methyl/N-ethyl adjacent to an activating group) is 1. The van der Waals surface area contributed by atoms with Crippen LogP contribution in [0.5, 0.6) is 0 Å². The maximum absolute atomic E-state index is 13.5. The van der Waals surface area contributed by atoms with Crippen LogP contribution in [0.2, 0.25) is 0 Å². The average molecular weight is 337 g/mol. The fourth-order valence-corrected chi connectivity index (χ4v) is 1.92. The third-order valence-electron chi connectivity index (χ3n) is 3.31. The van der Waals surface area contributed by atoms with Crippen molar-refractivity contribution >= 4 is 17.5 Å². The Labute approximate surface area is 136 Å². The topological polar surface area (TPSA) is 62.3 Å². The Morgan fingerprint density at radius 1 is 1.08 bits per heavy atom. The molecule has 0 saturated heterocycles. The van der Waals surface area contributed by atoms with Crippen LogP contribution in [0, 0.1) is 17.5 Å². The van der Waals surface area contributed by atoms with Crippen molar-refractivity contribution in [2.24, 2.45) is 0 Å². The van der Waals surface area contributed by atoms with E-state index in [9.17, 15) is 22.8 Å². The number of benzene rings is 1. The lowest BCUT2D eigenvalue weighted by molar-refractivity contribution is -0.142. The van der Waals surface area contributed by atoms with E-state index in [1.54, 1.807) is 24.5 Å². The molecule has 126 valence electrons. The van der Waals surface area contributed by atoms with Crippen LogP contribution in [-0.4, -0.2) is 35.3 Å².